The van der Waals surface area contributed by atoms with Gasteiger partial charge in [0.1, 0.15) is 10.8 Å². The van der Waals surface area contributed by atoms with Gasteiger partial charge in [-0.15, -0.1) is 0 Å². The van der Waals surface area contributed by atoms with E-state index in [9.17, 15) is 4.79 Å². The van der Waals surface area contributed by atoms with Crippen LogP contribution in [0.2, 0.25) is 5.02 Å². The second-order valence-corrected chi connectivity index (χ2v) is 9.59. The first-order valence-electron chi connectivity index (χ1n) is 10.6. The van der Waals surface area contributed by atoms with Gasteiger partial charge in [0.05, 0.1) is 23.6 Å². The number of halogens is 1. The van der Waals surface area contributed by atoms with Crippen molar-refractivity contribution in [1.82, 2.24) is 4.90 Å². The van der Waals surface area contributed by atoms with Crippen molar-refractivity contribution in [2.24, 2.45) is 9.98 Å². The molecule has 8 heteroatoms. The summed E-state index contributed by atoms with van der Waals surface area (Å²) in [6.07, 6.45) is 1.78. The van der Waals surface area contributed by atoms with E-state index in [0.717, 1.165) is 42.3 Å². The average molecular weight is 471 g/mol. The highest BCUT2D eigenvalue weighted by atomic mass is 35.5. The van der Waals surface area contributed by atoms with Crippen LogP contribution in [0.4, 0.5) is 5.69 Å². The Balaban J connectivity index is 1.48. The highest BCUT2D eigenvalue weighted by Gasteiger charge is 2.39. The molecule has 1 spiro atoms. The fraction of sp³-hybridized carbons (Fsp3) is 0.375. The van der Waals surface area contributed by atoms with Crippen molar-refractivity contribution in [1.29, 1.82) is 0 Å². The van der Waals surface area contributed by atoms with Crippen molar-refractivity contribution < 1.29 is 9.53 Å². The van der Waals surface area contributed by atoms with Crippen molar-refractivity contribution in [3.05, 3.63) is 58.6 Å². The number of amides is 1. The zero-order valence-corrected chi connectivity index (χ0v) is 20.1. The second kappa shape index (κ2) is 9.65. The summed E-state index contributed by atoms with van der Waals surface area (Å²) in [5.74, 6) is 0.692. The monoisotopic (exact) mass is 470 g/mol. The number of benzene rings is 2. The summed E-state index contributed by atoms with van der Waals surface area (Å²) < 4.78 is 5.16. The third-order valence-electron chi connectivity index (χ3n) is 5.72. The first-order chi connectivity index (χ1) is 15.4. The molecule has 0 aliphatic carbocycles. The van der Waals surface area contributed by atoms with Gasteiger partial charge in [-0.1, -0.05) is 53.2 Å². The van der Waals surface area contributed by atoms with Crippen LogP contribution < -0.4 is 10.1 Å². The van der Waals surface area contributed by atoms with Crippen LogP contribution in [0.3, 0.4) is 0 Å². The predicted octanol–water partition coefficient (Wildman–Crippen LogP) is 4.65. The van der Waals surface area contributed by atoms with E-state index >= 15 is 0 Å². The van der Waals surface area contributed by atoms with E-state index in [1.165, 1.54) is 17.3 Å². The van der Waals surface area contributed by atoms with E-state index in [4.69, 9.17) is 26.3 Å². The number of aryl methyl sites for hydroxylation is 1. The van der Waals surface area contributed by atoms with Gasteiger partial charge in [0.25, 0.3) is 0 Å². The Hall–Kier alpha value is -2.35. The average Bonchev–Trinajstić information content (AvgIpc) is 3.13. The SMILES string of the molecule is COc1ccc(NC(=O)CSC2=NC3(CCN(C)CC3)N=C2c2ccc(C)cc2)cc1Cl. The molecule has 1 amide bonds. The number of anilines is 1. The van der Waals surface area contributed by atoms with Crippen molar-refractivity contribution in [2.45, 2.75) is 25.4 Å². The van der Waals surface area contributed by atoms with Crippen LogP contribution in [0.1, 0.15) is 24.0 Å². The van der Waals surface area contributed by atoms with Gasteiger partial charge >= 0.3 is 0 Å². The maximum absolute atomic E-state index is 12.6. The number of piperidine rings is 1. The number of aliphatic imine (C=N–C) groups is 2. The Labute approximate surface area is 198 Å². The number of carbonyl (C=O) groups is 1. The van der Waals surface area contributed by atoms with Crippen LogP contribution in [-0.2, 0) is 4.79 Å². The van der Waals surface area contributed by atoms with Gasteiger partial charge in [0, 0.05) is 37.2 Å². The van der Waals surface area contributed by atoms with Gasteiger partial charge in [-0.3, -0.25) is 9.79 Å². The third kappa shape index (κ3) is 5.17. The minimum absolute atomic E-state index is 0.119. The lowest BCUT2D eigenvalue weighted by molar-refractivity contribution is -0.113. The van der Waals surface area contributed by atoms with E-state index in [2.05, 4.69) is 48.5 Å². The van der Waals surface area contributed by atoms with Crippen LogP contribution in [0, 0.1) is 6.92 Å². The number of nitrogens with one attached hydrogen (secondary N) is 1. The summed E-state index contributed by atoms with van der Waals surface area (Å²) in [4.78, 5) is 25.1. The van der Waals surface area contributed by atoms with E-state index in [-0.39, 0.29) is 11.7 Å². The first-order valence-corrected chi connectivity index (χ1v) is 12.0. The van der Waals surface area contributed by atoms with Crippen LogP contribution >= 0.6 is 23.4 Å². The van der Waals surface area contributed by atoms with Gasteiger partial charge in [-0.05, 0) is 32.2 Å². The zero-order valence-electron chi connectivity index (χ0n) is 18.5. The molecule has 2 aromatic carbocycles. The molecule has 2 aliphatic heterocycles. The summed E-state index contributed by atoms with van der Waals surface area (Å²) in [5.41, 5.74) is 3.36. The molecule has 4 rings (SSSR count). The highest BCUT2D eigenvalue weighted by molar-refractivity contribution is 8.16. The number of nitrogens with zero attached hydrogens (tertiary/aromatic N) is 3. The number of hydrogen-bond acceptors (Lipinski definition) is 6. The van der Waals surface area contributed by atoms with E-state index in [1.54, 1.807) is 25.3 Å². The van der Waals surface area contributed by atoms with Gasteiger partial charge < -0.3 is 15.0 Å². The minimum atomic E-state index is -0.408. The third-order valence-corrected chi connectivity index (χ3v) is 6.98. The Bertz CT molecular complexity index is 1060. The van der Waals surface area contributed by atoms with Crippen molar-refractivity contribution >= 4 is 45.7 Å². The van der Waals surface area contributed by atoms with Crippen molar-refractivity contribution in [3.8, 4) is 5.75 Å². The van der Waals surface area contributed by atoms with Gasteiger partial charge in [-0.25, -0.2) is 4.99 Å². The molecule has 0 atom stereocenters. The van der Waals surface area contributed by atoms with Crippen molar-refractivity contribution in [2.75, 3.05) is 38.3 Å². The molecule has 6 nitrogen and oxygen atoms in total. The molecule has 0 bridgehead atoms. The number of thioether (sulfide) groups is 1. The van der Waals surface area contributed by atoms with Crippen LogP contribution in [0.25, 0.3) is 0 Å². The maximum atomic E-state index is 12.6. The summed E-state index contributed by atoms with van der Waals surface area (Å²) in [7, 11) is 3.68. The van der Waals surface area contributed by atoms with Crippen LogP contribution in [-0.4, -0.2) is 60.2 Å². The molecule has 0 saturated carbocycles. The molecule has 2 aromatic rings. The number of likely N-dealkylation sites (tertiary alicyclic amines) is 1. The highest BCUT2D eigenvalue weighted by Crippen LogP contribution is 2.35. The molecule has 32 heavy (non-hydrogen) atoms. The molecule has 1 saturated heterocycles. The predicted molar refractivity (Wildman–Crippen MR) is 134 cm³/mol. The zero-order chi connectivity index (χ0) is 22.7. The number of hydrogen-bond donors (Lipinski definition) is 1. The minimum Gasteiger partial charge on any atom is -0.495 e. The molecular weight excluding hydrogens is 444 g/mol. The Morgan fingerprint density at radius 2 is 1.91 bits per heavy atom. The molecule has 0 radical (unpaired) electrons. The lowest BCUT2D eigenvalue weighted by Crippen LogP contribution is -2.39. The van der Waals surface area contributed by atoms with E-state index in [0.29, 0.717) is 16.5 Å². The molecule has 2 aliphatic rings. The quantitative estimate of drug-likeness (QED) is 0.690. The van der Waals surface area contributed by atoms with Gasteiger partial charge in [0.15, 0.2) is 5.66 Å². The molecule has 1 fully saturated rings. The fourth-order valence-electron chi connectivity index (χ4n) is 3.80. The number of methoxy groups -OCH3 is 1. The molecule has 0 aromatic heterocycles. The topological polar surface area (TPSA) is 66.3 Å². The summed E-state index contributed by atoms with van der Waals surface area (Å²) >= 11 is 7.60. The molecule has 2 heterocycles. The molecule has 1 N–H and O–H groups in total. The smallest absolute Gasteiger partial charge is 0.234 e. The fourth-order valence-corrected chi connectivity index (χ4v) is 4.93. The summed E-state index contributed by atoms with van der Waals surface area (Å²) in [6.45, 7) is 3.99. The number of ether oxygens (including phenoxy) is 1. The Morgan fingerprint density at radius 3 is 2.56 bits per heavy atom. The van der Waals surface area contributed by atoms with E-state index in [1.807, 2.05) is 0 Å². The molecular formula is C24H27ClN4O2S. The van der Waals surface area contributed by atoms with Gasteiger partial charge in [0.2, 0.25) is 5.91 Å². The first kappa shape index (κ1) is 22.8. The second-order valence-electron chi connectivity index (χ2n) is 8.22. The normalized spacial score (nSPS) is 17.8. The number of rotatable bonds is 5. The lowest BCUT2D eigenvalue weighted by Gasteiger charge is -2.33. The van der Waals surface area contributed by atoms with Crippen LogP contribution in [0.15, 0.2) is 52.4 Å². The van der Waals surface area contributed by atoms with Crippen LogP contribution in [0.5, 0.6) is 5.75 Å². The largest absolute Gasteiger partial charge is 0.495 e. The maximum Gasteiger partial charge on any atom is 0.234 e. The summed E-state index contributed by atoms with van der Waals surface area (Å²) in [5, 5.41) is 4.18. The Kier molecular flexibility index (Phi) is 6.88. The van der Waals surface area contributed by atoms with Crippen molar-refractivity contribution in [3.63, 3.8) is 0 Å². The molecule has 0 unspecified atom stereocenters. The lowest BCUT2D eigenvalue weighted by atomic mass is 9.99. The molecule has 168 valence electrons. The van der Waals surface area contributed by atoms with E-state index < -0.39 is 5.66 Å². The van der Waals surface area contributed by atoms with Gasteiger partial charge in [-0.2, -0.15) is 0 Å². The standard InChI is InChI=1S/C24H27ClN4O2S/c1-16-4-6-17(7-5-16)22-23(28-24(27-22)10-12-29(2)13-11-24)32-15-21(30)26-18-8-9-20(31-3)19(25)14-18/h4-9,14H,10-13,15H2,1-3H3,(H,26,30). The summed E-state index contributed by atoms with van der Waals surface area (Å²) in [6, 6.07) is 13.5. The number of carbonyl (C=O) groups excluding carboxylic acids is 1. The Morgan fingerprint density at radius 1 is 1.19 bits per heavy atom.